The monoisotopic (exact) mass is 239 g/mol. The first-order valence-electron chi connectivity index (χ1n) is 4.31. The zero-order valence-electron chi connectivity index (χ0n) is 8.08. The van der Waals surface area contributed by atoms with E-state index in [9.17, 15) is 8.42 Å². The van der Waals surface area contributed by atoms with Crippen LogP contribution in [0.3, 0.4) is 0 Å². The highest BCUT2D eigenvalue weighted by Crippen LogP contribution is 2.14. The number of nitrogens with two attached hydrogens (primary N) is 1. The molecule has 0 saturated carbocycles. The van der Waals surface area contributed by atoms with Gasteiger partial charge in [0.15, 0.2) is 0 Å². The van der Waals surface area contributed by atoms with E-state index in [1.165, 1.54) is 30.7 Å². The number of aromatic amines is 1. The summed E-state index contributed by atoms with van der Waals surface area (Å²) in [5.41, 5.74) is 5.72. The van der Waals surface area contributed by atoms with Gasteiger partial charge in [0, 0.05) is 6.20 Å². The molecule has 0 amide bonds. The summed E-state index contributed by atoms with van der Waals surface area (Å²) in [6.45, 7) is 0. The molecule has 2 heterocycles. The molecular formula is C8H9N5O2S. The number of nitrogens with zero attached hydrogens (tertiary/aromatic N) is 2. The number of H-pyrrole nitrogens is 1. The minimum Gasteiger partial charge on any atom is -0.384 e. The lowest BCUT2D eigenvalue weighted by molar-refractivity contribution is 0.601. The molecule has 8 heteroatoms. The van der Waals surface area contributed by atoms with Gasteiger partial charge in [-0.25, -0.2) is 13.4 Å². The van der Waals surface area contributed by atoms with Gasteiger partial charge in [-0.15, -0.1) is 0 Å². The Labute approximate surface area is 91.8 Å². The number of hydrogen-bond donors (Lipinski definition) is 3. The summed E-state index contributed by atoms with van der Waals surface area (Å²) in [5.74, 6) is 0.325. The summed E-state index contributed by atoms with van der Waals surface area (Å²) in [6.07, 6.45) is 3.84. The minimum absolute atomic E-state index is 0.0596. The van der Waals surface area contributed by atoms with E-state index >= 15 is 0 Å². The molecule has 0 aliphatic carbocycles. The standard InChI is InChI=1S/C8H9N5O2S/c9-8-2-1-6(3-10-8)13-16(14,15)7-4-11-12-5-7/h1-5,13H,(H2,9,10)(H,11,12). The van der Waals surface area contributed by atoms with Crippen molar-refractivity contribution in [2.75, 3.05) is 10.5 Å². The Morgan fingerprint density at radius 3 is 2.69 bits per heavy atom. The summed E-state index contributed by atoms with van der Waals surface area (Å²) >= 11 is 0. The molecule has 0 radical (unpaired) electrons. The first kappa shape index (κ1) is 10.4. The zero-order chi connectivity index (χ0) is 11.6. The molecule has 7 nitrogen and oxygen atoms in total. The van der Waals surface area contributed by atoms with E-state index < -0.39 is 10.0 Å². The van der Waals surface area contributed by atoms with Crippen LogP contribution in [0.4, 0.5) is 11.5 Å². The molecule has 0 fully saturated rings. The Kier molecular flexibility index (Phi) is 2.49. The summed E-state index contributed by atoms with van der Waals surface area (Å²) < 4.78 is 25.8. The van der Waals surface area contributed by atoms with Crippen LogP contribution in [0.25, 0.3) is 0 Å². The second kappa shape index (κ2) is 3.81. The Morgan fingerprint density at radius 1 is 1.31 bits per heavy atom. The number of nitrogens with one attached hydrogen (secondary N) is 2. The van der Waals surface area contributed by atoms with Crippen molar-refractivity contribution in [3.05, 3.63) is 30.7 Å². The third-order valence-corrected chi connectivity index (χ3v) is 3.17. The van der Waals surface area contributed by atoms with Gasteiger partial charge in [-0.05, 0) is 12.1 Å². The Balaban J connectivity index is 2.25. The molecule has 0 aromatic carbocycles. The number of aromatic nitrogens is 3. The van der Waals surface area contributed by atoms with Crippen molar-refractivity contribution in [1.82, 2.24) is 15.2 Å². The third-order valence-electron chi connectivity index (χ3n) is 1.82. The smallest absolute Gasteiger partial charge is 0.265 e. The highest BCUT2D eigenvalue weighted by atomic mass is 32.2. The van der Waals surface area contributed by atoms with E-state index in [4.69, 9.17) is 5.73 Å². The van der Waals surface area contributed by atoms with Crippen molar-refractivity contribution in [2.24, 2.45) is 0 Å². The second-order valence-corrected chi connectivity index (χ2v) is 4.69. The van der Waals surface area contributed by atoms with Crippen LogP contribution in [0.15, 0.2) is 35.6 Å². The second-order valence-electron chi connectivity index (χ2n) is 3.01. The number of anilines is 2. The fourth-order valence-corrected chi connectivity index (χ4v) is 2.01. The van der Waals surface area contributed by atoms with Gasteiger partial charge < -0.3 is 5.73 Å². The minimum atomic E-state index is -3.61. The van der Waals surface area contributed by atoms with Crippen molar-refractivity contribution in [1.29, 1.82) is 0 Å². The van der Waals surface area contributed by atoms with Crippen molar-refractivity contribution in [2.45, 2.75) is 4.90 Å². The lowest BCUT2D eigenvalue weighted by atomic mass is 10.4. The lowest BCUT2D eigenvalue weighted by Crippen LogP contribution is -2.12. The molecule has 0 bridgehead atoms. The molecule has 0 saturated heterocycles. The van der Waals surface area contributed by atoms with Gasteiger partial charge >= 0.3 is 0 Å². The number of nitrogen functional groups attached to an aromatic ring is 1. The predicted molar refractivity (Wildman–Crippen MR) is 58.0 cm³/mol. The highest BCUT2D eigenvalue weighted by molar-refractivity contribution is 7.92. The number of hydrogen-bond acceptors (Lipinski definition) is 5. The van der Waals surface area contributed by atoms with Gasteiger partial charge in [0.1, 0.15) is 10.7 Å². The maximum atomic E-state index is 11.7. The van der Waals surface area contributed by atoms with E-state index in [0.717, 1.165) is 0 Å². The number of pyridine rings is 1. The number of rotatable bonds is 3. The third kappa shape index (κ3) is 2.11. The van der Waals surface area contributed by atoms with Gasteiger partial charge in [-0.3, -0.25) is 9.82 Å². The van der Waals surface area contributed by atoms with Gasteiger partial charge in [-0.2, -0.15) is 5.10 Å². The van der Waals surface area contributed by atoms with Crippen LogP contribution in [0.5, 0.6) is 0 Å². The fraction of sp³-hybridized carbons (Fsp3) is 0. The van der Waals surface area contributed by atoms with Crippen LogP contribution in [-0.2, 0) is 10.0 Å². The highest BCUT2D eigenvalue weighted by Gasteiger charge is 2.14. The van der Waals surface area contributed by atoms with E-state index in [1.54, 1.807) is 0 Å². The van der Waals surface area contributed by atoms with E-state index in [0.29, 0.717) is 11.5 Å². The van der Waals surface area contributed by atoms with Crippen molar-refractivity contribution in [3.63, 3.8) is 0 Å². The summed E-state index contributed by atoms with van der Waals surface area (Å²) in [6, 6.07) is 3.03. The molecule has 0 aliphatic rings. The quantitative estimate of drug-likeness (QED) is 0.707. The zero-order valence-corrected chi connectivity index (χ0v) is 8.90. The summed E-state index contributed by atoms with van der Waals surface area (Å²) in [4.78, 5) is 3.83. The number of sulfonamides is 1. The SMILES string of the molecule is Nc1ccc(NS(=O)(=O)c2cn[nH]c2)cn1. The van der Waals surface area contributed by atoms with Crippen LogP contribution in [0, 0.1) is 0 Å². The molecule has 2 aromatic heterocycles. The molecular weight excluding hydrogens is 230 g/mol. The molecule has 84 valence electrons. The predicted octanol–water partition coefficient (Wildman–Crippen LogP) is 0.188. The van der Waals surface area contributed by atoms with Crippen molar-refractivity contribution in [3.8, 4) is 0 Å². The summed E-state index contributed by atoms with van der Waals surface area (Å²) in [5, 5.41) is 5.99. The maximum Gasteiger partial charge on any atom is 0.265 e. The van der Waals surface area contributed by atoms with Crippen molar-refractivity contribution >= 4 is 21.5 Å². The van der Waals surface area contributed by atoms with E-state index in [2.05, 4.69) is 19.9 Å². The largest absolute Gasteiger partial charge is 0.384 e. The average Bonchev–Trinajstić information content (AvgIpc) is 2.75. The van der Waals surface area contributed by atoms with Crippen LogP contribution >= 0.6 is 0 Å². The maximum absolute atomic E-state index is 11.7. The molecule has 2 rings (SSSR count). The normalized spacial score (nSPS) is 11.2. The van der Waals surface area contributed by atoms with Crippen LogP contribution < -0.4 is 10.5 Å². The van der Waals surface area contributed by atoms with E-state index in [-0.39, 0.29) is 4.90 Å². The Morgan fingerprint density at radius 2 is 2.12 bits per heavy atom. The molecule has 16 heavy (non-hydrogen) atoms. The Bertz CT molecular complexity index is 561. The molecule has 0 spiro atoms. The van der Waals surface area contributed by atoms with Gasteiger partial charge in [0.2, 0.25) is 0 Å². The van der Waals surface area contributed by atoms with E-state index in [1.807, 2.05) is 0 Å². The fourth-order valence-electron chi connectivity index (χ4n) is 1.07. The Hall–Kier alpha value is -2.09. The van der Waals surface area contributed by atoms with Gasteiger partial charge in [-0.1, -0.05) is 0 Å². The lowest BCUT2D eigenvalue weighted by Gasteiger charge is -2.05. The van der Waals surface area contributed by atoms with Crippen LogP contribution in [-0.4, -0.2) is 23.6 Å². The summed E-state index contributed by atoms with van der Waals surface area (Å²) in [7, 11) is -3.61. The molecule has 0 aliphatic heterocycles. The molecule has 0 unspecified atom stereocenters. The molecule has 4 N–H and O–H groups in total. The first-order valence-corrected chi connectivity index (χ1v) is 5.79. The van der Waals surface area contributed by atoms with Gasteiger partial charge in [0.25, 0.3) is 10.0 Å². The van der Waals surface area contributed by atoms with Gasteiger partial charge in [0.05, 0.1) is 18.1 Å². The van der Waals surface area contributed by atoms with Crippen molar-refractivity contribution < 1.29 is 8.42 Å². The molecule has 0 atom stereocenters. The average molecular weight is 239 g/mol. The first-order chi connectivity index (χ1) is 7.58. The van der Waals surface area contributed by atoms with Crippen LogP contribution in [0.2, 0.25) is 0 Å². The topological polar surface area (TPSA) is 114 Å². The molecule has 2 aromatic rings. The van der Waals surface area contributed by atoms with Crippen LogP contribution in [0.1, 0.15) is 0 Å².